The Morgan fingerprint density at radius 3 is 2.35 bits per heavy atom. The van der Waals surface area contributed by atoms with Gasteiger partial charge in [0.25, 0.3) is 0 Å². The Bertz CT molecular complexity index is 622. The van der Waals surface area contributed by atoms with Gasteiger partial charge in [0.2, 0.25) is 0 Å². The van der Waals surface area contributed by atoms with Gasteiger partial charge in [-0.3, -0.25) is 0 Å². The predicted octanol–water partition coefficient (Wildman–Crippen LogP) is 5.72. The van der Waals surface area contributed by atoms with Crippen molar-refractivity contribution in [1.82, 2.24) is 5.32 Å². The summed E-state index contributed by atoms with van der Waals surface area (Å²) in [5.41, 5.74) is 2.50. The van der Waals surface area contributed by atoms with Gasteiger partial charge in [0.15, 0.2) is 0 Å². The summed E-state index contributed by atoms with van der Waals surface area (Å²) in [5.74, 6) is 1.89. The van der Waals surface area contributed by atoms with Crippen molar-refractivity contribution < 1.29 is 9.47 Å². The first kappa shape index (κ1) is 20.3. The molecular weight excluding hydrogens is 322 g/mol. The van der Waals surface area contributed by atoms with Gasteiger partial charge in [-0.25, -0.2) is 0 Å². The Kier molecular flexibility index (Phi) is 9.05. The number of hydrogen-bond acceptors (Lipinski definition) is 3. The molecule has 3 nitrogen and oxygen atoms in total. The molecule has 2 rings (SSSR count). The summed E-state index contributed by atoms with van der Waals surface area (Å²) in [6.07, 6.45) is 5.14. The summed E-state index contributed by atoms with van der Waals surface area (Å²) in [6.45, 7) is 8.78. The maximum Gasteiger partial charge on any atom is 0.119 e. The van der Waals surface area contributed by atoms with Gasteiger partial charge in [0, 0.05) is 13.1 Å². The molecule has 0 aliphatic rings. The fraction of sp³-hybridized carbons (Fsp3) is 0.478. The van der Waals surface area contributed by atoms with Gasteiger partial charge in [-0.2, -0.15) is 0 Å². The molecule has 0 saturated carbocycles. The second-order valence-electron chi connectivity index (χ2n) is 6.97. The van der Waals surface area contributed by atoms with Crippen molar-refractivity contribution >= 4 is 0 Å². The van der Waals surface area contributed by atoms with Crippen molar-refractivity contribution in [3.8, 4) is 11.5 Å². The molecule has 0 aromatic heterocycles. The van der Waals surface area contributed by atoms with Crippen LogP contribution in [0, 0.1) is 0 Å². The van der Waals surface area contributed by atoms with Gasteiger partial charge in [0.05, 0.1) is 12.7 Å². The van der Waals surface area contributed by atoms with E-state index in [1.807, 2.05) is 32.0 Å². The van der Waals surface area contributed by atoms with E-state index in [1.54, 1.807) is 0 Å². The Hall–Kier alpha value is -2.00. The van der Waals surface area contributed by atoms with E-state index >= 15 is 0 Å². The molecule has 1 N–H and O–H groups in total. The largest absolute Gasteiger partial charge is 0.494 e. The molecule has 0 spiro atoms. The minimum atomic E-state index is 0.208. The molecule has 0 radical (unpaired) electrons. The van der Waals surface area contributed by atoms with Crippen LogP contribution < -0.4 is 14.8 Å². The van der Waals surface area contributed by atoms with Crippen molar-refractivity contribution in [3.63, 3.8) is 0 Å². The Morgan fingerprint density at radius 1 is 0.846 bits per heavy atom. The maximum atomic E-state index is 5.86. The van der Waals surface area contributed by atoms with Crippen molar-refractivity contribution in [2.45, 2.75) is 65.6 Å². The zero-order chi connectivity index (χ0) is 18.6. The van der Waals surface area contributed by atoms with Crippen molar-refractivity contribution in [3.05, 3.63) is 59.7 Å². The fourth-order valence-electron chi connectivity index (χ4n) is 2.77. The highest BCUT2D eigenvalue weighted by Gasteiger charge is 2.00. The zero-order valence-electron chi connectivity index (χ0n) is 16.5. The number of rotatable bonds is 12. The van der Waals surface area contributed by atoms with Crippen LogP contribution in [0.25, 0.3) is 0 Å². The SMILES string of the molecule is CCCCCCOc1cccc(CNCc2ccc(OC(C)C)cc2)c1. The van der Waals surface area contributed by atoms with Crippen LogP contribution in [0.4, 0.5) is 0 Å². The number of unbranched alkanes of at least 4 members (excludes halogenated alkanes) is 3. The Morgan fingerprint density at radius 2 is 1.62 bits per heavy atom. The lowest BCUT2D eigenvalue weighted by Crippen LogP contribution is -2.13. The highest BCUT2D eigenvalue weighted by atomic mass is 16.5. The lowest BCUT2D eigenvalue weighted by molar-refractivity contribution is 0.242. The molecule has 0 aliphatic carbocycles. The summed E-state index contributed by atoms with van der Waals surface area (Å²) >= 11 is 0. The van der Waals surface area contributed by atoms with Crippen LogP contribution >= 0.6 is 0 Å². The van der Waals surface area contributed by atoms with Gasteiger partial charge >= 0.3 is 0 Å². The summed E-state index contributed by atoms with van der Waals surface area (Å²) in [5, 5.41) is 3.49. The fourth-order valence-corrected chi connectivity index (χ4v) is 2.77. The third-order valence-corrected chi connectivity index (χ3v) is 4.12. The smallest absolute Gasteiger partial charge is 0.119 e. The molecule has 0 bridgehead atoms. The average molecular weight is 356 g/mol. The first-order valence-corrected chi connectivity index (χ1v) is 9.85. The quantitative estimate of drug-likeness (QED) is 0.494. The van der Waals surface area contributed by atoms with Crippen LogP contribution in [-0.2, 0) is 13.1 Å². The normalized spacial score (nSPS) is 10.9. The summed E-state index contributed by atoms with van der Waals surface area (Å²) in [7, 11) is 0. The molecule has 2 aromatic carbocycles. The molecule has 0 atom stereocenters. The third kappa shape index (κ3) is 7.92. The first-order valence-electron chi connectivity index (χ1n) is 9.85. The van der Waals surface area contributed by atoms with Crippen molar-refractivity contribution in [2.75, 3.05) is 6.61 Å². The van der Waals surface area contributed by atoms with Crippen molar-refractivity contribution in [1.29, 1.82) is 0 Å². The Balaban J connectivity index is 1.72. The van der Waals surface area contributed by atoms with Gasteiger partial charge < -0.3 is 14.8 Å². The van der Waals surface area contributed by atoms with E-state index in [1.165, 1.54) is 30.4 Å². The lowest BCUT2D eigenvalue weighted by Gasteiger charge is -2.11. The van der Waals surface area contributed by atoms with Gasteiger partial charge in [-0.1, -0.05) is 50.5 Å². The molecular formula is C23H33NO2. The van der Waals surface area contributed by atoms with Crippen LogP contribution in [0.2, 0.25) is 0 Å². The number of ether oxygens (including phenoxy) is 2. The molecule has 2 aromatic rings. The number of benzene rings is 2. The Labute approximate surface area is 158 Å². The zero-order valence-corrected chi connectivity index (χ0v) is 16.5. The molecule has 0 aliphatic heterocycles. The highest BCUT2D eigenvalue weighted by Crippen LogP contribution is 2.16. The monoisotopic (exact) mass is 355 g/mol. The molecule has 0 saturated heterocycles. The van der Waals surface area contributed by atoms with Crippen molar-refractivity contribution in [2.24, 2.45) is 0 Å². The average Bonchev–Trinajstić information content (AvgIpc) is 2.63. The highest BCUT2D eigenvalue weighted by molar-refractivity contribution is 5.29. The van der Waals surface area contributed by atoms with E-state index in [0.717, 1.165) is 37.6 Å². The summed E-state index contributed by atoms with van der Waals surface area (Å²) in [4.78, 5) is 0. The second kappa shape index (κ2) is 11.6. The maximum absolute atomic E-state index is 5.86. The van der Waals surface area contributed by atoms with E-state index in [-0.39, 0.29) is 6.10 Å². The minimum absolute atomic E-state index is 0.208. The summed E-state index contributed by atoms with van der Waals surface area (Å²) < 4.78 is 11.5. The van der Waals surface area contributed by atoms with Gasteiger partial charge in [-0.15, -0.1) is 0 Å². The molecule has 26 heavy (non-hydrogen) atoms. The van der Waals surface area contributed by atoms with Crippen LogP contribution in [-0.4, -0.2) is 12.7 Å². The molecule has 0 amide bonds. The van der Waals surface area contributed by atoms with E-state index in [2.05, 4.69) is 42.6 Å². The van der Waals surface area contributed by atoms with Crippen LogP contribution in [0.1, 0.15) is 57.6 Å². The van der Waals surface area contributed by atoms with E-state index < -0.39 is 0 Å². The predicted molar refractivity (Wildman–Crippen MR) is 109 cm³/mol. The van der Waals surface area contributed by atoms with Gasteiger partial charge in [0.1, 0.15) is 11.5 Å². The van der Waals surface area contributed by atoms with E-state index in [4.69, 9.17) is 9.47 Å². The minimum Gasteiger partial charge on any atom is -0.494 e. The van der Waals surface area contributed by atoms with Crippen LogP contribution in [0.15, 0.2) is 48.5 Å². The molecule has 0 unspecified atom stereocenters. The third-order valence-electron chi connectivity index (χ3n) is 4.12. The lowest BCUT2D eigenvalue weighted by atomic mass is 10.2. The van der Waals surface area contributed by atoms with E-state index in [0.29, 0.717) is 0 Å². The topological polar surface area (TPSA) is 30.5 Å². The number of hydrogen-bond donors (Lipinski definition) is 1. The molecule has 3 heteroatoms. The number of nitrogens with one attached hydrogen (secondary N) is 1. The first-order chi connectivity index (χ1) is 12.7. The molecule has 0 fully saturated rings. The second-order valence-corrected chi connectivity index (χ2v) is 6.97. The van der Waals surface area contributed by atoms with Crippen LogP contribution in [0.5, 0.6) is 11.5 Å². The molecule has 142 valence electrons. The molecule has 0 heterocycles. The standard InChI is InChI=1S/C23H33NO2/c1-4-5-6-7-15-25-23-10-8-9-21(16-23)18-24-17-20-11-13-22(14-12-20)26-19(2)3/h8-14,16,19,24H,4-7,15,17-18H2,1-3H3. The van der Waals surface area contributed by atoms with E-state index in [9.17, 15) is 0 Å². The van der Waals surface area contributed by atoms with Gasteiger partial charge in [-0.05, 0) is 55.7 Å². The van der Waals surface area contributed by atoms with Crippen LogP contribution in [0.3, 0.4) is 0 Å². The summed E-state index contributed by atoms with van der Waals surface area (Å²) in [6, 6.07) is 16.7.